The molecule has 4 atom stereocenters. The highest BCUT2D eigenvalue weighted by atomic mass is 16.3. The van der Waals surface area contributed by atoms with E-state index in [0.29, 0.717) is 12.0 Å². The van der Waals surface area contributed by atoms with Crippen molar-refractivity contribution in [1.82, 2.24) is 30.7 Å². The number of hydrogen-bond donors (Lipinski definition) is 6. The maximum atomic E-state index is 14.4. The highest BCUT2D eigenvalue weighted by Gasteiger charge is 2.41. The number of phenols is 1. The van der Waals surface area contributed by atoms with Crippen LogP contribution in [0.15, 0.2) is 54.6 Å². The molecule has 1 fully saturated rings. The number of nitrogens with zero attached hydrogens (tertiary/aromatic N) is 3. The van der Waals surface area contributed by atoms with Crippen molar-refractivity contribution < 1.29 is 38.7 Å². The van der Waals surface area contributed by atoms with Crippen LogP contribution in [0.1, 0.15) is 37.3 Å². The first-order valence-corrected chi connectivity index (χ1v) is 16.7. The Morgan fingerprint density at radius 2 is 1.57 bits per heavy atom. The van der Waals surface area contributed by atoms with Crippen molar-refractivity contribution in [3.63, 3.8) is 0 Å². The highest BCUT2D eigenvalue weighted by molar-refractivity contribution is 5.97. The maximum Gasteiger partial charge on any atom is 0.246 e. The molecule has 16 nitrogen and oxygen atoms in total. The number of likely N-dealkylation sites (N-methyl/N-ethyl adjacent to an activating group) is 2. The summed E-state index contributed by atoms with van der Waals surface area (Å²) < 4.78 is 0. The summed E-state index contributed by atoms with van der Waals surface area (Å²) in [6, 6.07) is 10.7. The third kappa shape index (κ3) is 11.5. The van der Waals surface area contributed by atoms with Gasteiger partial charge >= 0.3 is 0 Å². The molecule has 276 valence electrons. The Hall–Kier alpha value is -5.51. The van der Waals surface area contributed by atoms with Gasteiger partial charge in [-0.25, -0.2) is 0 Å². The molecule has 0 bridgehead atoms. The molecule has 16 heteroatoms. The molecule has 1 heterocycles. The Morgan fingerprint density at radius 1 is 0.922 bits per heavy atom. The number of likely N-dealkylation sites (tertiary alicyclic amines) is 1. The zero-order valence-corrected chi connectivity index (χ0v) is 29.2. The number of nitrogens with one attached hydrogen (secondary N) is 3. The average molecular weight is 709 g/mol. The van der Waals surface area contributed by atoms with E-state index >= 15 is 0 Å². The number of carbonyl (C=O) groups excluding carboxylic acids is 7. The van der Waals surface area contributed by atoms with Crippen LogP contribution in [0, 0.1) is 0 Å². The van der Waals surface area contributed by atoms with Gasteiger partial charge < -0.3 is 47.2 Å². The van der Waals surface area contributed by atoms with Gasteiger partial charge in [-0.05, 0) is 36.1 Å². The van der Waals surface area contributed by atoms with Crippen molar-refractivity contribution in [1.29, 1.82) is 0 Å². The van der Waals surface area contributed by atoms with Crippen LogP contribution in [0.25, 0.3) is 0 Å². The Balaban J connectivity index is 1.90. The van der Waals surface area contributed by atoms with Gasteiger partial charge in [-0.15, -0.1) is 0 Å². The fourth-order valence-corrected chi connectivity index (χ4v) is 5.80. The van der Waals surface area contributed by atoms with E-state index in [2.05, 4.69) is 16.0 Å². The van der Waals surface area contributed by atoms with Crippen molar-refractivity contribution in [2.24, 2.45) is 11.5 Å². The van der Waals surface area contributed by atoms with Crippen molar-refractivity contribution in [3.05, 3.63) is 65.7 Å². The van der Waals surface area contributed by atoms with Gasteiger partial charge in [0.15, 0.2) is 0 Å². The van der Waals surface area contributed by atoms with Crippen LogP contribution in [0.5, 0.6) is 5.75 Å². The van der Waals surface area contributed by atoms with Crippen LogP contribution in [-0.4, -0.2) is 126 Å². The van der Waals surface area contributed by atoms with Gasteiger partial charge in [-0.2, -0.15) is 0 Å². The predicted octanol–water partition coefficient (Wildman–Crippen LogP) is -1.61. The molecule has 1 aliphatic rings. The summed E-state index contributed by atoms with van der Waals surface area (Å²) in [6.45, 7) is 0.860. The molecule has 0 unspecified atom stereocenters. The topological polar surface area (TPSA) is 238 Å². The minimum absolute atomic E-state index is 0.0138. The van der Waals surface area contributed by atoms with Gasteiger partial charge in [0.1, 0.15) is 29.9 Å². The molecule has 0 radical (unpaired) electrons. The first kappa shape index (κ1) is 39.9. The molecule has 7 amide bonds. The molecule has 0 spiro atoms. The fraction of sp³-hybridized carbons (Fsp3) is 0.457. The lowest BCUT2D eigenvalue weighted by Crippen LogP contribution is -2.60. The highest BCUT2D eigenvalue weighted by Crippen LogP contribution is 2.23. The molecule has 2 aromatic rings. The van der Waals surface area contributed by atoms with E-state index in [-0.39, 0.29) is 57.0 Å². The van der Waals surface area contributed by atoms with Crippen LogP contribution in [0.3, 0.4) is 0 Å². The van der Waals surface area contributed by atoms with Crippen LogP contribution in [0.4, 0.5) is 0 Å². The van der Waals surface area contributed by atoms with Crippen molar-refractivity contribution in [2.75, 3.05) is 40.3 Å². The minimum atomic E-state index is -1.19. The number of aromatic hydroxyl groups is 1. The van der Waals surface area contributed by atoms with Crippen molar-refractivity contribution >= 4 is 41.4 Å². The van der Waals surface area contributed by atoms with Gasteiger partial charge in [0.05, 0.1) is 13.1 Å². The summed E-state index contributed by atoms with van der Waals surface area (Å²) in [4.78, 5) is 94.9. The molecule has 51 heavy (non-hydrogen) atoms. The van der Waals surface area contributed by atoms with Crippen molar-refractivity contribution in [3.8, 4) is 5.75 Å². The summed E-state index contributed by atoms with van der Waals surface area (Å²) >= 11 is 0. The Kier molecular flexibility index (Phi) is 14.9. The normalized spacial score (nSPS) is 15.5. The molecule has 1 saturated heterocycles. The molecule has 3 rings (SSSR count). The van der Waals surface area contributed by atoms with E-state index in [1.807, 2.05) is 6.07 Å². The first-order valence-electron chi connectivity index (χ1n) is 16.7. The number of amides is 7. The summed E-state index contributed by atoms with van der Waals surface area (Å²) in [5.74, 6) is -4.04. The first-order chi connectivity index (χ1) is 24.2. The van der Waals surface area contributed by atoms with Crippen LogP contribution >= 0.6 is 0 Å². The van der Waals surface area contributed by atoms with Gasteiger partial charge in [-0.3, -0.25) is 33.6 Å². The monoisotopic (exact) mass is 708 g/mol. The fourth-order valence-electron chi connectivity index (χ4n) is 5.80. The summed E-state index contributed by atoms with van der Waals surface area (Å²) in [5.41, 5.74) is 12.2. The van der Waals surface area contributed by atoms with E-state index in [9.17, 15) is 38.7 Å². The lowest BCUT2D eigenvalue weighted by atomic mass is 10.00. The van der Waals surface area contributed by atoms with Gasteiger partial charge in [0.2, 0.25) is 41.4 Å². The number of rotatable bonds is 17. The number of nitrogens with two attached hydrogens (primary N) is 2. The number of hydrogen-bond acceptors (Lipinski definition) is 9. The van der Waals surface area contributed by atoms with Gasteiger partial charge in [-0.1, -0.05) is 49.4 Å². The molecule has 1 aliphatic heterocycles. The molecular weight excluding hydrogens is 660 g/mol. The van der Waals surface area contributed by atoms with E-state index in [1.165, 1.54) is 40.9 Å². The molecule has 2 aromatic carbocycles. The number of benzene rings is 2. The number of carbonyl (C=O) groups is 7. The predicted molar refractivity (Wildman–Crippen MR) is 186 cm³/mol. The Bertz CT molecular complexity index is 1550. The zero-order valence-electron chi connectivity index (χ0n) is 29.2. The van der Waals surface area contributed by atoms with Crippen LogP contribution in [-0.2, 0) is 46.4 Å². The maximum absolute atomic E-state index is 14.4. The van der Waals surface area contributed by atoms with E-state index in [0.717, 1.165) is 5.56 Å². The van der Waals surface area contributed by atoms with Gasteiger partial charge in [0.25, 0.3) is 0 Å². The molecule has 0 saturated carbocycles. The zero-order chi connectivity index (χ0) is 37.7. The second-order valence-corrected chi connectivity index (χ2v) is 12.4. The lowest BCUT2D eigenvalue weighted by molar-refractivity contribution is -0.148. The summed E-state index contributed by atoms with van der Waals surface area (Å²) in [6.07, 6.45) is 1.05. The van der Waals surface area contributed by atoms with Crippen LogP contribution in [0.2, 0.25) is 0 Å². The van der Waals surface area contributed by atoms with E-state index in [4.69, 9.17) is 11.5 Å². The second-order valence-electron chi connectivity index (χ2n) is 12.4. The van der Waals surface area contributed by atoms with Crippen LogP contribution < -0.4 is 27.4 Å². The largest absolute Gasteiger partial charge is 0.508 e. The summed E-state index contributed by atoms with van der Waals surface area (Å²) in [5, 5.41) is 17.4. The quantitative estimate of drug-likeness (QED) is 0.111. The van der Waals surface area contributed by atoms with Gasteiger partial charge in [0, 0.05) is 46.4 Å². The molecular formula is C35H48N8O8. The Labute approximate surface area is 296 Å². The van der Waals surface area contributed by atoms with E-state index in [1.54, 1.807) is 43.3 Å². The number of primary amides is 1. The average Bonchev–Trinajstić information content (AvgIpc) is 3.62. The second kappa shape index (κ2) is 19.0. The molecule has 8 N–H and O–H groups in total. The summed E-state index contributed by atoms with van der Waals surface area (Å²) in [7, 11) is 2.93. The molecule has 0 aromatic heterocycles. The number of phenolic OH excluding ortho intramolecular Hbond substituents is 1. The smallest absolute Gasteiger partial charge is 0.246 e. The lowest BCUT2D eigenvalue weighted by Gasteiger charge is -2.35. The SMILES string of the molecule is CCC(=O)N(C)CC(=O)N[C@@H](Cc1ccc(O)cc1)C(=O)N(C)[C@@H](Cc1ccccc1)C(=O)N1CCC[C@H]1C(=O)N[C@@H](CN)C(=O)NCC(N)=O. The molecule has 0 aliphatic carbocycles. The standard InChI is InChI=1S/C35H48N8O8/c1-4-31(47)41(2)21-30(46)39-25(17-23-12-14-24(44)15-13-23)34(50)42(3)28(18-22-9-6-5-7-10-22)35(51)43-16-8-11-27(43)33(49)40-26(19-36)32(48)38-20-29(37)45/h5-7,9-10,12-15,25-28,44H,4,8,11,16-21,36H2,1-3H3,(H2,37,45)(H,38,48)(H,39,46)(H,40,49)/t25-,26-,27-,28-/m0/s1. The minimum Gasteiger partial charge on any atom is -0.508 e. The Morgan fingerprint density at radius 3 is 2.18 bits per heavy atom. The van der Waals surface area contributed by atoms with Crippen molar-refractivity contribution in [2.45, 2.75) is 63.2 Å². The van der Waals surface area contributed by atoms with E-state index < -0.39 is 66.2 Å². The third-order valence-corrected chi connectivity index (χ3v) is 8.63. The third-order valence-electron chi connectivity index (χ3n) is 8.63.